The third-order valence-corrected chi connectivity index (χ3v) is 5.58. The number of nitrogens with zero attached hydrogens (tertiary/aromatic N) is 6. The summed E-state index contributed by atoms with van der Waals surface area (Å²) in [5.41, 5.74) is 2.19. The number of nitrogens with one attached hydrogen (secondary N) is 1. The van der Waals surface area contributed by atoms with Gasteiger partial charge in [-0.1, -0.05) is 6.07 Å². The predicted molar refractivity (Wildman–Crippen MR) is 136 cm³/mol. The van der Waals surface area contributed by atoms with Crippen LogP contribution < -0.4 is 10.2 Å². The molecule has 10 heteroatoms. The first-order valence-electron chi connectivity index (χ1n) is 11.1. The van der Waals surface area contributed by atoms with Gasteiger partial charge in [0.05, 0.1) is 38.6 Å². The van der Waals surface area contributed by atoms with Crippen molar-refractivity contribution < 1.29 is 9.47 Å². The number of morpholine rings is 2. The lowest BCUT2D eigenvalue weighted by atomic mass is 10.1. The van der Waals surface area contributed by atoms with E-state index in [9.17, 15) is 0 Å². The fourth-order valence-electron chi connectivity index (χ4n) is 3.97. The summed E-state index contributed by atoms with van der Waals surface area (Å²) in [6.07, 6.45) is 6.07. The molecule has 0 saturated carbocycles. The van der Waals surface area contributed by atoms with Crippen molar-refractivity contribution in [3.05, 3.63) is 41.9 Å². The Balaban J connectivity index is 0.00000289. The molecule has 2 saturated heterocycles. The molecule has 0 aliphatic carbocycles. The molecular formula is C22H34IN7O2. The number of aliphatic imine (C=N–C) groups is 1. The summed E-state index contributed by atoms with van der Waals surface area (Å²) < 4.78 is 13.4. The molecule has 0 amide bonds. The predicted octanol–water partition coefficient (Wildman–Crippen LogP) is 2.20. The third-order valence-electron chi connectivity index (χ3n) is 5.58. The quantitative estimate of drug-likeness (QED) is 0.344. The molecule has 1 N–H and O–H groups in total. The third kappa shape index (κ3) is 6.32. The van der Waals surface area contributed by atoms with E-state index in [4.69, 9.17) is 14.5 Å². The number of hydrogen-bond acceptors (Lipinski definition) is 6. The number of ether oxygens (including phenoxy) is 2. The zero-order valence-electron chi connectivity index (χ0n) is 19.1. The van der Waals surface area contributed by atoms with Gasteiger partial charge in [0.25, 0.3) is 0 Å². The average Bonchev–Trinajstić information content (AvgIpc) is 3.23. The molecule has 0 bridgehead atoms. The van der Waals surface area contributed by atoms with E-state index < -0.39 is 0 Å². The lowest BCUT2D eigenvalue weighted by Crippen LogP contribution is -2.48. The summed E-state index contributed by atoms with van der Waals surface area (Å²) in [7, 11) is 1.93. The van der Waals surface area contributed by atoms with Gasteiger partial charge >= 0.3 is 0 Å². The number of aryl methyl sites for hydroxylation is 1. The maximum Gasteiger partial charge on any atom is 0.194 e. The average molecular weight is 555 g/mol. The van der Waals surface area contributed by atoms with Gasteiger partial charge in [-0.05, 0) is 25.5 Å². The molecule has 0 aromatic carbocycles. The van der Waals surface area contributed by atoms with Crippen molar-refractivity contribution >= 4 is 35.8 Å². The molecule has 176 valence electrons. The number of aromatic nitrogens is 3. The van der Waals surface area contributed by atoms with E-state index in [2.05, 4.69) is 51.2 Å². The van der Waals surface area contributed by atoms with Crippen LogP contribution in [0.5, 0.6) is 0 Å². The number of guanidine groups is 1. The van der Waals surface area contributed by atoms with Crippen molar-refractivity contribution in [2.45, 2.75) is 32.6 Å². The smallest absolute Gasteiger partial charge is 0.194 e. The Labute approximate surface area is 207 Å². The Morgan fingerprint density at radius 2 is 2.03 bits per heavy atom. The maximum atomic E-state index is 5.98. The zero-order valence-corrected chi connectivity index (χ0v) is 21.4. The summed E-state index contributed by atoms with van der Waals surface area (Å²) in [4.78, 5) is 14.1. The second-order valence-electron chi connectivity index (χ2n) is 8.08. The van der Waals surface area contributed by atoms with Crippen LogP contribution in [0.3, 0.4) is 0 Å². The molecule has 9 nitrogen and oxygen atoms in total. The molecule has 2 aromatic heterocycles. The lowest BCUT2D eigenvalue weighted by Gasteiger charge is -2.34. The molecule has 4 rings (SSSR count). The molecule has 2 fully saturated rings. The van der Waals surface area contributed by atoms with E-state index in [1.807, 2.05) is 30.3 Å². The van der Waals surface area contributed by atoms with Gasteiger partial charge in [0.15, 0.2) is 5.96 Å². The molecular weight excluding hydrogens is 521 g/mol. The summed E-state index contributed by atoms with van der Waals surface area (Å²) in [5.74, 6) is 1.91. The fourth-order valence-corrected chi connectivity index (χ4v) is 3.97. The Morgan fingerprint density at radius 3 is 2.72 bits per heavy atom. The first-order valence-corrected chi connectivity index (χ1v) is 11.1. The van der Waals surface area contributed by atoms with Gasteiger partial charge in [-0.2, -0.15) is 5.10 Å². The van der Waals surface area contributed by atoms with Crippen LogP contribution in [0.4, 0.5) is 5.82 Å². The van der Waals surface area contributed by atoms with Gasteiger partial charge in [-0.15, -0.1) is 24.0 Å². The van der Waals surface area contributed by atoms with Crippen molar-refractivity contribution in [1.82, 2.24) is 25.0 Å². The van der Waals surface area contributed by atoms with Gasteiger partial charge < -0.3 is 24.6 Å². The molecule has 2 unspecified atom stereocenters. The molecule has 32 heavy (non-hydrogen) atoms. The van der Waals surface area contributed by atoms with Gasteiger partial charge in [-0.25, -0.2) is 9.98 Å². The molecule has 2 aliphatic heterocycles. The minimum atomic E-state index is 0. The Hall–Kier alpha value is -1.92. The molecule has 0 spiro atoms. The zero-order chi connectivity index (χ0) is 21.6. The van der Waals surface area contributed by atoms with Gasteiger partial charge in [-0.3, -0.25) is 4.68 Å². The van der Waals surface area contributed by atoms with Crippen molar-refractivity contribution in [3.8, 4) is 0 Å². The van der Waals surface area contributed by atoms with Crippen LogP contribution in [0.25, 0.3) is 0 Å². The largest absolute Gasteiger partial charge is 0.375 e. The van der Waals surface area contributed by atoms with E-state index in [0.29, 0.717) is 13.2 Å². The molecule has 2 atom stereocenters. The van der Waals surface area contributed by atoms with Gasteiger partial charge in [0.1, 0.15) is 11.9 Å². The second kappa shape index (κ2) is 11.8. The highest BCUT2D eigenvalue weighted by molar-refractivity contribution is 14.0. The first kappa shape index (κ1) is 24.7. The maximum absolute atomic E-state index is 5.98. The normalized spacial score (nSPS) is 21.9. The Bertz CT molecular complexity index is 873. The summed E-state index contributed by atoms with van der Waals surface area (Å²) in [6.45, 7) is 10.3. The number of anilines is 1. The van der Waals surface area contributed by atoms with Crippen LogP contribution in [0, 0.1) is 0 Å². The highest BCUT2D eigenvalue weighted by Crippen LogP contribution is 2.22. The van der Waals surface area contributed by atoms with E-state index in [-0.39, 0.29) is 36.2 Å². The minimum Gasteiger partial charge on any atom is -0.375 e. The monoisotopic (exact) mass is 555 g/mol. The number of rotatable bonds is 5. The topological polar surface area (TPSA) is 80.0 Å². The Morgan fingerprint density at radius 1 is 1.19 bits per heavy atom. The molecule has 4 heterocycles. The first-order chi connectivity index (χ1) is 15.1. The highest BCUT2D eigenvalue weighted by atomic mass is 127. The van der Waals surface area contributed by atoms with E-state index in [1.54, 1.807) is 0 Å². The van der Waals surface area contributed by atoms with Crippen molar-refractivity contribution in [2.75, 3.05) is 50.8 Å². The van der Waals surface area contributed by atoms with E-state index in [0.717, 1.165) is 62.2 Å². The number of hydrogen-bond donors (Lipinski definition) is 1. The van der Waals surface area contributed by atoms with Crippen molar-refractivity contribution in [3.63, 3.8) is 0 Å². The van der Waals surface area contributed by atoms with Crippen LogP contribution >= 0.6 is 24.0 Å². The molecule has 2 aliphatic rings. The standard InChI is InChI=1S/C22H33N7O2.HI/c1-4-23-22(29-8-10-31-20(16-29)19-13-26-27(3)15-19)25-12-18-5-6-21(24-11-18)28-7-9-30-17(2)14-28;/h5-6,11,13,15,17,20H,4,7-10,12,14,16H2,1-3H3,(H,23,25);1H. The molecule has 0 radical (unpaired) electrons. The minimum absolute atomic E-state index is 0. The fraction of sp³-hybridized carbons (Fsp3) is 0.591. The highest BCUT2D eigenvalue weighted by Gasteiger charge is 2.25. The second-order valence-corrected chi connectivity index (χ2v) is 8.08. The number of pyridine rings is 1. The van der Waals surface area contributed by atoms with E-state index >= 15 is 0 Å². The summed E-state index contributed by atoms with van der Waals surface area (Å²) in [6, 6.07) is 4.20. The lowest BCUT2D eigenvalue weighted by molar-refractivity contribution is -0.00805. The summed E-state index contributed by atoms with van der Waals surface area (Å²) >= 11 is 0. The molecule has 2 aromatic rings. The van der Waals surface area contributed by atoms with Crippen LogP contribution in [0.15, 0.2) is 35.7 Å². The van der Waals surface area contributed by atoms with Crippen LogP contribution in [-0.2, 0) is 23.1 Å². The van der Waals surface area contributed by atoms with Gasteiger partial charge in [0, 0.05) is 51.2 Å². The number of halogens is 1. The van der Waals surface area contributed by atoms with Gasteiger partial charge in [0.2, 0.25) is 0 Å². The Kier molecular flexibility index (Phi) is 9.11. The van der Waals surface area contributed by atoms with E-state index in [1.165, 1.54) is 0 Å². The SMILES string of the molecule is CCNC(=NCc1ccc(N2CCOC(C)C2)nc1)N1CCOC(c2cnn(C)c2)C1.I. The van der Waals surface area contributed by atoms with Crippen LogP contribution in [0.1, 0.15) is 31.1 Å². The van der Waals surface area contributed by atoms with Crippen LogP contribution in [-0.4, -0.2) is 77.7 Å². The van der Waals surface area contributed by atoms with Crippen molar-refractivity contribution in [1.29, 1.82) is 0 Å². The van der Waals surface area contributed by atoms with Crippen molar-refractivity contribution in [2.24, 2.45) is 12.0 Å². The summed E-state index contributed by atoms with van der Waals surface area (Å²) in [5, 5.41) is 7.70. The van der Waals surface area contributed by atoms with Crippen LogP contribution in [0.2, 0.25) is 0 Å².